The molecule has 0 atom stereocenters. The fourth-order valence-corrected chi connectivity index (χ4v) is 1.55. The van der Waals surface area contributed by atoms with Crippen LogP contribution in [-0.2, 0) is 0 Å². The van der Waals surface area contributed by atoms with Gasteiger partial charge in [-0.15, -0.1) is 13.2 Å². The van der Waals surface area contributed by atoms with Gasteiger partial charge in [-0.25, -0.2) is 0 Å². The molecule has 0 bridgehead atoms. The van der Waals surface area contributed by atoms with Gasteiger partial charge in [0, 0.05) is 6.07 Å². The highest BCUT2D eigenvalue weighted by Crippen LogP contribution is 2.28. The summed E-state index contributed by atoms with van der Waals surface area (Å²) in [4.78, 5) is 0. The molecule has 0 radical (unpaired) electrons. The van der Waals surface area contributed by atoms with E-state index in [-0.39, 0.29) is 11.4 Å². The molecule has 2 aromatic rings. The van der Waals surface area contributed by atoms with Crippen LogP contribution in [0.15, 0.2) is 42.5 Å². The van der Waals surface area contributed by atoms with Crippen molar-refractivity contribution in [2.24, 2.45) is 0 Å². The number of nitriles is 1. The average molecular weight is 294 g/mol. The first kappa shape index (κ1) is 14.5. The molecule has 21 heavy (non-hydrogen) atoms. The molecule has 7 heteroatoms. The lowest BCUT2D eigenvalue weighted by Gasteiger charge is -2.10. The average Bonchev–Trinajstić information content (AvgIpc) is 2.40. The van der Waals surface area contributed by atoms with Gasteiger partial charge in [-0.05, 0) is 36.4 Å². The molecule has 2 N–H and O–H groups in total. The van der Waals surface area contributed by atoms with Crippen LogP contribution >= 0.6 is 0 Å². The van der Waals surface area contributed by atoms with E-state index in [4.69, 9.17) is 15.7 Å². The van der Waals surface area contributed by atoms with Crippen molar-refractivity contribution < 1.29 is 22.6 Å². The van der Waals surface area contributed by atoms with E-state index in [1.807, 2.05) is 6.07 Å². The zero-order valence-electron chi connectivity index (χ0n) is 10.5. The Bertz CT molecular complexity index is 676. The second-order valence-electron chi connectivity index (χ2n) is 3.98. The summed E-state index contributed by atoms with van der Waals surface area (Å²) in [5, 5.41) is 8.75. The van der Waals surface area contributed by atoms with Crippen LogP contribution in [0.1, 0.15) is 5.56 Å². The van der Waals surface area contributed by atoms with Crippen molar-refractivity contribution in [1.82, 2.24) is 0 Å². The fraction of sp³-hybridized carbons (Fsp3) is 0.0714. The molecule has 0 aliphatic rings. The third-order valence-corrected chi connectivity index (χ3v) is 2.44. The predicted molar refractivity (Wildman–Crippen MR) is 68.8 cm³/mol. The summed E-state index contributed by atoms with van der Waals surface area (Å²) in [6.07, 6.45) is -4.73. The fourth-order valence-electron chi connectivity index (χ4n) is 1.55. The first-order valence-corrected chi connectivity index (χ1v) is 5.71. The van der Waals surface area contributed by atoms with Crippen LogP contribution in [-0.4, -0.2) is 6.36 Å². The summed E-state index contributed by atoms with van der Waals surface area (Å²) < 4.78 is 45.2. The van der Waals surface area contributed by atoms with E-state index in [0.717, 1.165) is 12.1 Å². The lowest BCUT2D eigenvalue weighted by molar-refractivity contribution is -0.274. The molecule has 0 saturated carbocycles. The Kier molecular flexibility index (Phi) is 3.89. The minimum absolute atomic E-state index is 0.257. The third-order valence-electron chi connectivity index (χ3n) is 2.44. The summed E-state index contributed by atoms with van der Waals surface area (Å²) in [6, 6.07) is 11.3. The van der Waals surface area contributed by atoms with E-state index in [9.17, 15) is 13.2 Å². The van der Waals surface area contributed by atoms with Gasteiger partial charge in [0.2, 0.25) is 0 Å². The van der Waals surface area contributed by atoms with Crippen LogP contribution in [0.25, 0.3) is 0 Å². The summed E-state index contributed by atoms with van der Waals surface area (Å²) in [6.45, 7) is 0. The van der Waals surface area contributed by atoms with Crippen molar-refractivity contribution in [3.05, 3.63) is 48.0 Å². The minimum Gasteiger partial charge on any atom is -0.457 e. The van der Waals surface area contributed by atoms with Gasteiger partial charge in [-0.2, -0.15) is 5.26 Å². The van der Waals surface area contributed by atoms with Gasteiger partial charge in [0.05, 0.1) is 11.3 Å². The van der Waals surface area contributed by atoms with Crippen molar-refractivity contribution in [3.63, 3.8) is 0 Å². The van der Waals surface area contributed by atoms with Gasteiger partial charge in [-0.1, -0.05) is 0 Å². The molecule has 108 valence electrons. The second-order valence-corrected chi connectivity index (χ2v) is 3.98. The standard InChI is InChI=1S/C14H9F3N2O2/c15-14(16,17)21-11-5-3-10(4-6-11)20-12-2-1-9(8-18)13(19)7-12/h1-7H,19H2. The molecule has 0 saturated heterocycles. The van der Waals surface area contributed by atoms with Crippen LogP contribution < -0.4 is 15.2 Å². The molecule has 2 rings (SSSR count). The maximum Gasteiger partial charge on any atom is 0.573 e. The molecule has 2 aromatic carbocycles. The molecule has 0 fully saturated rings. The topological polar surface area (TPSA) is 68.3 Å². The van der Waals surface area contributed by atoms with Crippen molar-refractivity contribution in [2.45, 2.75) is 6.36 Å². The quantitative estimate of drug-likeness (QED) is 0.873. The number of nitrogens with two attached hydrogens (primary N) is 1. The Hall–Kier alpha value is -2.88. The highest BCUT2D eigenvalue weighted by Gasteiger charge is 2.30. The van der Waals surface area contributed by atoms with Crippen molar-refractivity contribution >= 4 is 5.69 Å². The summed E-state index contributed by atoms with van der Waals surface area (Å²) in [5.41, 5.74) is 6.20. The van der Waals surface area contributed by atoms with Gasteiger partial charge in [0.25, 0.3) is 0 Å². The van der Waals surface area contributed by atoms with Crippen LogP contribution in [0.2, 0.25) is 0 Å². The lowest BCUT2D eigenvalue weighted by atomic mass is 10.2. The number of anilines is 1. The van der Waals surface area contributed by atoms with Crippen molar-refractivity contribution in [1.29, 1.82) is 5.26 Å². The van der Waals surface area contributed by atoms with E-state index < -0.39 is 6.36 Å². The molecular weight excluding hydrogens is 285 g/mol. The van der Waals surface area contributed by atoms with E-state index in [0.29, 0.717) is 17.1 Å². The summed E-state index contributed by atoms with van der Waals surface area (Å²) in [5.74, 6) is 0.346. The number of ether oxygens (including phenoxy) is 2. The van der Waals surface area contributed by atoms with Crippen LogP contribution in [0, 0.1) is 11.3 Å². The molecule has 0 aliphatic heterocycles. The molecule has 0 amide bonds. The Morgan fingerprint density at radius 1 is 0.952 bits per heavy atom. The zero-order chi connectivity index (χ0) is 15.5. The lowest BCUT2D eigenvalue weighted by Crippen LogP contribution is -2.16. The third kappa shape index (κ3) is 4.04. The van der Waals surface area contributed by atoms with E-state index in [1.54, 1.807) is 0 Å². The molecule has 0 spiro atoms. The van der Waals surface area contributed by atoms with E-state index in [1.165, 1.54) is 30.3 Å². The van der Waals surface area contributed by atoms with Gasteiger partial charge in [0.1, 0.15) is 23.3 Å². The number of halogens is 3. The van der Waals surface area contributed by atoms with Gasteiger partial charge < -0.3 is 15.2 Å². The highest BCUT2D eigenvalue weighted by molar-refractivity contribution is 5.57. The maximum absolute atomic E-state index is 12.0. The Morgan fingerprint density at radius 3 is 2.05 bits per heavy atom. The van der Waals surface area contributed by atoms with Gasteiger partial charge in [0.15, 0.2) is 0 Å². The van der Waals surface area contributed by atoms with Crippen LogP contribution in [0.5, 0.6) is 17.2 Å². The van der Waals surface area contributed by atoms with E-state index >= 15 is 0 Å². The number of hydrogen-bond donors (Lipinski definition) is 1. The molecule has 4 nitrogen and oxygen atoms in total. The van der Waals surface area contributed by atoms with Crippen LogP contribution in [0.4, 0.5) is 18.9 Å². The number of alkyl halides is 3. The summed E-state index contributed by atoms with van der Waals surface area (Å²) in [7, 11) is 0. The first-order chi connectivity index (χ1) is 9.87. The molecule has 0 heterocycles. The Morgan fingerprint density at radius 2 is 1.52 bits per heavy atom. The number of nitrogen functional groups attached to an aromatic ring is 1. The smallest absolute Gasteiger partial charge is 0.457 e. The first-order valence-electron chi connectivity index (χ1n) is 5.71. The number of hydrogen-bond acceptors (Lipinski definition) is 4. The Balaban J connectivity index is 2.10. The highest BCUT2D eigenvalue weighted by atomic mass is 19.4. The van der Waals surface area contributed by atoms with E-state index in [2.05, 4.69) is 4.74 Å². The number of rotatable bonds is 3. The van der Waals surface area contributed by atoms with Crippen molar-refractivity contribution in [3.8, 4) is 23.3 Å². The number of nitrogens with zero attached hydrogens (tertiary/aromatic N) is 1. The second kappa shape index (κ2) is 5.63. The maximum atomic E-state index is 12.0. The molecular formula is C14H9F3N2O2. The summed E-state index contributed by atoms with van der Waals surface area (Å²) >= 11 is 0. The van der Waals surface area contributed by atoms with Gasteiger partial charge >= 0.3 is 6.36 Å². The normalized spacial score (nSPS) is 10.8. The monoisotopic (exact) mass is 294 g/mol. The van der Waals surface area contributed by atoms with Crippen molar-refractivity contribution in [2.75, 3.05) is 5.73 Å². The number of benzene rings is 2. The minimum atomic E-state index is -4.73. The predicted octanol–water partition coefficient (Wildman–Crippen LogP) is 3.83. The van der Waals surface area contributed by atoms with Crippen LogP contribution in [0.3, 0.4) is 0 Å². The largest absolute Gasteiger partial charge is 0.573 e. The Labute approximate surface area is 118 Å². The molecule has 0 aliphatic carbocycles. The zero-order valence-corrected chi connectivity index (χ0v) is 10.5. The molecule has 0 unspecified atom stereocenters. The van der Waals surface area contributed by atoms with Gasteiger partial charge in [-0.3, -0.25) is 0 Å². The molecule has 0 aromatic heterocycles. The SMILES string of the molecule is N#Cc1ccc(Oc2ccc(OC(F)(F)F)cc2)cc1N.